The number of hydrogen-bond donors (Lipinski definition) is 2. The van der Waals surface area contributed by atoms with Gasteiger partial charge in [0, 0.05) is 36.4 Å². The number of hydrazine groups is 1. The predicted molar refractivity (Wildman–Crippen MR) is 131 cm³/mol. The third-order valence-electron chi connectivity index (χ3n) is 5.82. The molecule has 1 aliphatic rings. The van der Waals surface area contributed by atoms with Gasteiger partial charge in [0.2, 0.25) is 10.0 Å². The van der Waals surface area contributed by atoms with Gasteiger partial charge < -0.3 is 4.74 Å². The lowest BCUT2D eigenvalue weighted by Gasteiger charge is -2.47. The van der Waals surface area contributed by atoms with Gasteiger partial charge in [0.25, 0.3) is 0 Å². The molecule has 0 bridgehead atoms. The number of ether oxygens (including phenoxy) is 1. The summed E-state index contributed by atoms with van der Waals surface area (Å²) in [6.07, 6.45) is 5.33. The van der Waals surface area contributed by atoms with Gasteiger partial charge in [-0.1, -0.05) is 0 Å². The van der Waals surface area contributed by atoms with Crippen molar-refractivity contribution in [1.29, 1.82) is 5.26 Å². The predicted octanol–water partition coefficient (Wildman–Crippen LogP) is 1.57. The Balaban J connectivity index is 1.56. The van der Waals surface area contributed by atoms with E-state index in [2.05, 4.69) is 32.0 Å². The largest absolute Gasteiger partial charge is 0.443 e. The standard InChI is InChI=1S/C22H27N9O5S/c1-5-37(34,35)29-12-22(13-29,7-8-23)31-11-15(10-26-31)17-16-6-9-30(18(16)25-14-24-17)19(32)27-28-20(33)36-21(2,3)4/h6,9-11,14H,5,7,12-13H2,1-4H3,(H,27,32)(H,28,33). The zero-order valence-electron chi connectivity index (χ0n) is 20.8. The van der Waals surface area contributed by atoms with Crippen LogP contribution >= 0.6 is 0 Å². The van der Waals surface area contributed by atoms with E-state index in [9.17, 15) is 23.3 Å². The van der Waals surface area contributed by atoms with Crippen LogP contribution in [-0.4, -0.2) is 73.6 Å². The number of carbonyl (C=O) groups excluding carboxylic acids is 2. The normalized spacial score (nSPS) is 15.5. The first-order valence-electron chi connectivity index (χ1n) is 11.4. The first-order chi connectivity index (χ1) is 17.4. The van der Waals surface area contributed by atoms with Gasteiger partial charge in [0.05, 0.1) is 30.1 Å². The van der Waals surface area contributed by atoms with E-state index >= 15 is 0 Å². The summed E-state index contributed by atoms with van der Waals surface area (Å²) in [5, 5.41) is 14.3. The molecule has 4 heterocycles. The van der Waals surface area contributed by atoms with Crippen molar-refractivity contribution in [2.45, 2.75) is 45.3 Å². The fourth-order valence-corrected chi connectivity index (χ4v) is 5.23. The van der Waals surface area contributed by atoms with Crippen LogP contribution in [0.15, 0.2) is 31.0 Å². The third kappa shape index (κ3) is 5.11. The van der Waals surface area contributed by atoms with Crippen LogP contribution in [0.5, 0.6) is 0 Å². The molecule has 1 aliphatic heterocycles. The Hall–Kier alpha value is -4.03. The fourth-order valence-electron chi connectivity index (χ4n) is 3.99. The van der Waals surface area contributed by atoms with Crippen molar-refractivity contribution in [3.05, 3.63) is 31.0 Å². The molecule has 0 atom stereocenters. The minimum atomic E-state index is -3.37. The molecule has 15 heteroatoms. The molecule has 2 amide bonds. The molecule has 196 valence electrons. The Bertz CT molecular complexity index is 1490. The van der Waals surface area contributed by atoms with Crippen LogP contribution in [0.25, 0.3) is 22.3 Å². The quantitative estimate of drug-likeness (QED) is 0.464. The summed E-state index contributed by atoms with van der Waals surface area (Å²) >= 11 is 0. The van der Waals surface area contributed by atoms with Gasteiger partial charge in [0.15, 0.2) is 5.65 Å². The number of nitriles is 1. The van der Waals surface area contributed by atoms with Gasteiger partial charge in [-0.3, -0.25) is 9.25 Å². The summed E-state index contributed by atoms with van der Waals surface area (Å²) < 4.78 is 33.7. The Morgan fingerprint density at radius 1 is 1.24 bits per heavy atom. The Kier molecular flexibility index (Phi) is 6.65. The molecule has 0 aliphatic carbocycles. The number of amides is 2. The molecular weight excluding hydrogens is 502 g/mol. The van der Waals surface area contributed by atoms with Crippen molar-refractivity contribution in [1.82, 2.24) is 39.5 Å². The molecule has 0 radical (unpaired) electrons. The van der Waals surface area contributed by atoms with Crippen molar-refractivity contribution in [3.63, 3.8) is 0 Å². The maximum Gasteiger partial charge on any atom is 0.426 e. The summed E-state index contributed by atoms with van der Waals surface area (Å²) in [7, 11) is -3.37. The SMILES string of the molecule is CCS(=O)(=O)N1CC(CC#N)(n2cc(-c3ncnc4c3ccn4C(=O)NNC(=O)OC(C)(C)C)cn2)C1. The van der Waals surface area contributed by atoms with Gasteiger partial charge in [-0.25, -0.2) is 38.8 Å². The molecule has 4 rings (SSSR count). The maximum absolute atomic E-state index is 12.6. The Labute approximate surface area is 213 Å². The highest BCUT2D eigenvalue weighted by Crippen LogP contribution is 2.36. The number of rotatable bonds is 5. The van der Waals surface area contributed by atoms with Crippen molar-refractivity contribution >= 4 is 33.2 Å². The van der Waals surface area contributed by atoms with Crippen LogP contribution < -0.4 is 10.9 Å². The minimum absolute atomic E-state index is 0.0171. The molecule has 14 nitrogen and oxygen atoms in total. The second-order valence-corrected chi connectivity index (χ2v) is 11.9. The molecule has 0 spiro atoms. The molecule has 0 saturated carbocycles. The van der Waals surface area contributed by atoms with Gasteiger partial charge >= 0.3 is 12.1 Å². The Morgan fingerprint density at radius 2 is 1.97 bits per heavy atom. The summed E-state index contributed by atoms with van der Waals surface area (Å²) in [4.78, 5) is 33.0. The molecule has 0 aromatic carbocycles. The number of carbonyl (C=O) groups is 2. The maximum atomic E-state index is 12.6. The molecule has 3 aromatic heterocycles. The number of sulfonamides is 1. The highest BCUT2D eigenvalue weighted by Gasteiger charge is 2.49. The van der Waals surface area contributed by atoms with E-state index in [1.807, 2.05) is 0 Å². The molecule has 3 aromatic rings. The smallest absolute Gasteiger partial charge is 0.426 e. The molecular formula is C22H27N9O5S. The van der Waals surface area contributed by atoms with E-state index in [0.717, 1.165) is 0 Å². The number of fused-ring (bicyclic) bond motifs is 1. The lowest BCUT2D eigenvalue weighted by atomic mass is 9.89. The molecule has 0 unspecified atom stereocenters. The van der Waals surface area contributed by atoms with Crippen molar-refractivity contribution in [3.8, 4) is 17.3 Å². The van der Waals surface area contributed by atoms with E-state index in [1.54, 1.807) is 50.8 Å². The third-order valence-corrected chi connectivity index (χ3v) is 7.59. The summed E-state index contributed by atoms with van der Waals surface area (Å²) in [5.41, 5.74) is 4.34. The van der Waals surface area contributed by atoms with E-state index in [4.69, 9.17) is 4.74 Å². The van der Waals surface area contributed by atoms with Crippen LogP contribution in [0.4, 0.5) is 9.59 Å². The van der Waals surface area contributed by atoms with Crippen LogP contribution in [0.1, 0.15) is 34.1 Å². The second kappa shape index (κ2) is 9.45. The highest BCUT2D eigenvalue weighted by molar-refractivity contribution is 7.89. The van der Waals surface area contributed by atoms with Crippen molar-refractivity contribution < 1.29 is 22.7 Å². The average Bonchev–Trinajstić information content (AvgIpc) is 3.46. The molecule has 2 N–H and O–H groups in total. The number of nitrogens with one attached hydrogen (secondary N) is 2. The summed E-state index contributed by atoms with van der Waals surface area (Å²) in [5.74, 6) is -0.0171. The fraction of sp³-hybridized carbons (Fsp3) is 0.455. The monoisotopic (exact) mass is 529 g/mol. The second-order valence-electron chi connectivity index (χ2n) is 9.60. The molecule has 37 heavy (non-hydrogen) atoms. The van der Waals surface area contributed by atoms with Crippen LogP contribution in [0.3, 0.4) is 0 Å². The number of nitrogens with zero attached hydrogens (tertiary/aromatic N) is 7. The van der Waals surface area contributed by atoms with E-state index in [-0.39, 0.29) is 30.9 Å². The molecule has 1 saturated heterocycles. The highest BCUT2D eigenvalue weighted by atomic mass is 32.2. The number of hydrogen-bond acceptors (Lipinski definition) is 9. The lowest BCUT2D eigenvalue weighted by Crippen LogP contribution is -2.64. The summed E-state index contributed by atoms with van der Waals surface area (Å²) in [6.45, 7) is 6.97. The lowest BCUT2D eigenvalue weighted by molar-refractivity contribution is 0.0505. The van der Waals surface area contributed by atoms with Gasteiger partial charge in [-0.05, 0) is 33.8 Å². The van der Waals surface area contributed by atoms with Crippen LogP contribution in [0.2, 0.25) is 0 Å². The van der Waals surface area contributed by atoms with Gasteiger partial charge in [-0.15, -0.1) is 0 Å². The first kappa shape index (κ1) is 26.0. The van der Waals surface area contributed by atoms with Crippen molar-refractivity contribution in [2.75, 3.05) is 18.8 Å². The first-order valence-corrected chi connectivity index (χ1v) is 13.0. The minimum Gasteiger partial charge on any atom is -0.443 e. The molecule has 1 fully saturated rings. The number of aromatic nitrogens is 5. The van der Waals surface area contributed by atoms with Crippen molar-refractivity contribution in [2.24, 2.45) is 0 Å². The van der Waals surface area contributed by atoms with E-state index in [1.165, 1.54) is 21.4 Å². The average molecular weight is 530 g/mol. The Morgan fingerprint density at radius 3 is 2.62 bits per heavy atom. The summed E-state index contributed by atoms with van der Waals surface area (Å²) in [6, 6.07) is 3.12. The topological polar surface area (TPSA) is 177 Å². The van der Waals surface area contributed by atoms with Crippen LogP contribution in [-0.2, 0) is 20.3 Å². The zero-order chi connectivity index (χ0) is 27.0. The zero-order valence-corrected chi connectivity index (χ0v) is 21.6. The van der Waals surface area contributed by atoms with Crippen LogP contribution in [0, 0.1) is 11.3 Å². The van der Waals surface area contributed by atoms with Gasteiger partial charge in [0.1, 0.15) is 17.5 Å². The van der Waals surface area contributed by atoms with Gasteiger partial charge in [-0.2, -0.15) is 14.7 Å². The van der Waals surface area contributed by atoms with E-state index < -0.39 is 33.3 Å². The van der Waals surface area contributed by atoms with E-state index in [0.29, 0.717) is 16.6 Å².